The van der Waals surface area contributed by atoms with Gasteiger partial charge in [-0.1, -0.05) is 45.8 Å². The Labute approximate surface area is 131 Å². The molecule has 0 saturated heterocycles. The fourth-order valence-corrected chi connectivity index (χ4v) is 2.85. The van der Waals surface area contributed by atoms with Gasteiger partial charge in [-0.2, -0.15) is 0 Å². The van der Waals surface area contributed by atoms with Crippen molar-refractivity contribution in [3.05, 3.63) is 63.9 Å². The zero-order chi connectivity index (χ0) is 14.1. The van der Waals surface area contributed by atoms with Crippen LogP contribution in [0.4, 0.5) is 0 Å². The van der Waals surface area contributed by atoms with E-state index in [0.29, 0.717) is 5.88 Å². The highest BCUT2D eigenvalue weighted by molar-refractivity contribution is 9.10. The third-order valence-corrected chi connectivity index (χ3v) is 4.10. The molecule has 0 aliphatic rings. The largest absolute Gasteiger partial charge is 0.322 e. The summed E-state index contributed by atoms with van der Waals surface area (Å²) in [5, 5.41) is 0. The maximum Gasteiger partial charge on any atom is 0.125 e. The number of hydrogen-bond acceptors (Lipinski definition) is 1. The number of halogens is 2. The van der Waals surface area contributed by atoms with Crippen molar-refractivity contribution in [2.75, 3.05) is 0 Å². The molecule has 4 heteroatoms. The monoisotopic (exact) mass is 348 g/mol. The summed E-state index contributed by atoms with van der Waals surface area (Å²) >= 11 is 9.56. The number of aromatic nitrogens is 2. The predicted octanol–water partition coefficient (Wildman–Crippen LogP) is 4.89. The molecule has 0 aliphatic carbocycles. The maximum absolute atomic E-state index is 6.04. The van der Waals surface area contributed by atoms with Gasteiger partial charge < -0.3 is 4.57 Å². The Morgan fingerprint density at radius 2 is 1.90 bits per heavy atom. The summed E-state index contributed by atoms with van der Waals surface area (Å²) in [7, 11) is 0. The van der Waals surface area contributed by atoms with Gasteiger partial charge in [0.2, 0.25) is 0 Å². The molecule has 20 heavy (non-hydrogen) atoms. The Morgan fingerprint density at radius 3 is 2.60 bits per heavy atom. The molecule has 1 aromatic heterocycles. The number of hydrogen-bond donors (Lipinski definition) is 0. The van der Waals surface area contributed by atoms with Crippen LogP contribution in [0.25, 0.3) is 11.0 Å². The first-order valence-corrected chi connectivity index (χ1v) is 7.76. The number of imidazole rings is 1. The van der Waals surface area contributed by atoms with E-state index in [4.69, 9.17) is 11.6 Å². The van der Waals surface area contributed by atoms with Gasteiger partial charge in [-0.3, -0.25) is 0 Å². The Kier molecular flexibility index (Phi) is 3.81. The van der Waals surface area contributed by atoms with Crippen LogP contribution in [0.3, 0.4) is 0 Å². The van der Waals surface area contributed by atoms with Crippen molar-refractivity contribution in [2.45, 2.75) is 19.3 Å². The lowest BCUT2D eigenvalue weighted by molar-refractivity contribution is 0.778. The zero-order valence-corrected chi connectivity index (χ0v) is 13.4. The molecule has 0 aliphatic heterocycles. The van der Waals surface area contributed by atoms with Crippen LogP contribution in [-0.4, -0.2) is 9.55 Å². The molecule has 0 radical (unpaired) electrons. The third kappa shape index (κ3) is 2.60. The van der Waals surface area contributed by atoms with E-state index in [1.165, 1.54) is 11.1 Å². The molecule has 0 atom stereocenters. The lowest BCUT2D eigenvalue weighted by Crippen LogP contribution is -2.03. The molecule has 0 unspecified atom stereocenters. The lowest BCUT2D eigenvalue weighted by Gasteiger charge is -2.08. The third-order valence-electron chi connectivity index (χ3n) is 3.37. The van der Waals surface area contributed by atoms with Crippen LogP contribution in [0, 0.1) is 6.92 Å². The molecule has 1 heterocycles. The Bertz CT molecular complexity index is 747. The number of nitrogens with zero attached hydrogens (tertiary/aromatic N) is 2. The van der Waals surface area contributed by atoms with Gasteiger partial charge in [-0.25, -0.2) is 4.98 Å². The fraction of sp³-hybridized carbons (Fsp3) is 0.188. The van der Waals surface area contributed by atoms with Crippen LogP contribution in [0.1, 0.15) is 17.0 Å². The van der Waals surface area contributed by atoms with Gasteiger partial charge >= 0.3 is 0 Å². The summed E-state index contributed by atoms with van der Waals surface area (Å²) in [4.78, 5) is 4.60. The number of rotatable bonds is 3. The normalized spacial score (nSPS) is 11.2. The SMILES string of the molecule is Cc1ccc(Cn2c(CCl)nc3ccc(Br)cc32)cc1. The van der Waals surface area contributed by atoms with E-state index in [9.17, 15) is 0 Å². The highest BCUT2D eigenvalue weighted by Gasteiger charge is 2.10. The second-order valence-corrected chi connectivity index (χ2v) is 6.05. The number of alkyl halides is 1. The van der Waals surface area contributed by atoms with Crippen molar-refractivity contribution in [3.63, 3.8) is 0 Å². The van der Waals surface area contributed by atoms with E-state index in [1.54, 1.807) is 0 Å². The summed E-state index contributed by atoms with van der Waals surface area (Å²) in [5.41, 5.74) is 4.61. The van der Waals surface area contributed by atoms with E-state index in [-0.39, 0.29) is 0 Å². The first kappa shape index (κ1) is 13.7. The summed E-state index contributed by atoms with van der Waals surface area (Å²) < 4.78 is 3.23. The van der Waals surface area contributed by atoms with Crippen molar-refractivity contribution >= 4 is 38.6 Å². The molecule has 0 amide bonds. The molecule has 102 valence electrons. The summed E-state index contributed by atoms with van der Waals surface area (Å²) in [6.45, 7) is 2.88. The van der Waals surface area contributed by atoms with Crippen molar-refractivity contribution in [3.8, 4) is 0 Å². The fourth-order valence-electron chi connectivity index (χ4n) is 2.30. The van der Waals surface area contributed by atoms with Crippen LogP contribution >= 0.6 is 27.5 Å². The Morgan fingerprint density at radius 1 is 1.15 bits per heavy atom. The zero-order valence-electron chi connectivity index (χ0n) is 11.1. The second kappa shape index (κ2) is 5.58. The van der Waals surface area contributed by atoms with E-state index in [1.807, 2.05) is 12.1 Å². The van der Waals surface area contributed by atoms with Crippen LogP contribution in [0.5, 0.6) is 0 Å². The van der Waals surface area contributed by atoms with Gasteiger partial charge in [0.05, 0.1) is 16.9 Å². The Balaban J connectivity index is 2.08. The van der Waals surface area contributed by atoms with Crippen molar-refractivity contribution in [2.24, 2.45) is 0 Å². The molecule has 3 aromatic rings. The summed E-state index contributed by atoms with van der Waals surface area (Å²) in [6.07, 6.45) is 0. The van der Waals surface area contributed by atoms with Crippen LogP contribution in [0.2, 0.25) is 0 Å². The van der Waals surface area contributed by atoms with Gasteiger partial charge in [0.25, 0.3) is 0 Å². The smallest absolute Gasteiger partial charge is 0.125 e. The Hall–Kier alpha value is -1.32. The van der Waals surface area contributed by atoms with Gasteiger partial charge in [0, 0.05) is 11.0 Å². The van der Waals surface area contributed by atoms with Gasteiger partial charge in [-0.15, -0.1) is 11.6 Å². The van der Waals surface area contributed by atoms with E-state index >= 15 is 0 Å². The molecule has 0 spiro atoms. The van der Waals surface area contributed by atoms with Gasteiger partial charge in [0.15, 0.2) is 0 Å². The highest BCUT2D eigenvalue weighted by Crippen LogP contribution is 2.23. The number of benzene rings is 2. The van der Waals surface area contributed by atoms with E-state index in [2.05, 4.69) is 62.7 Å². The van der Waals surface area contributed by atoms with Gasteiger partial charge in [0.1, 0.15) is 5.82 Å². The maximum atomic E-state index is 6.04. The van der Waals surface area contributed by atoms with Crippen LogP contribution in [0.15, 0.2) is 46.9 Å². The molecule has 0 saturated carbocycles. The van der Waals surface area contributed by atoms with Crippen LogP contribution in [-0.2, 0) is 12.4 Å². The topological polar surface area (TPSA) is 17.8 Å². The van der Waals surface area contributed by atoms with Crippen molar-refractivity contribution < 1.29 is 0 Å². The standard InChI is InChI=1S/C16H14BrClN2/c1-11-2-4-12(5-3-11)10-20-15-8-13(17)6-7-14(15)19-16(20)9-18/h2-8H,9-10H2,1H3. The average molecular weight is 350 g/mol. The molecule has 0 N–H and O–H groups in total. The number of aryl methyl sites for hydroxylation is 1. The average Bonchev–Trinajstić information content (AvgIpc) is 2.79. The molecular formula is C16H14BrClN2. The molecule has 0 fully saturated rings. The summed E-state index contributed by atoms with van der Waals surface area (Å²) in [6, 6.07) is 14.7. The molecule has 2 aromatic carbocycles. The molecular weight excluding hydrogens is 336 g/mol. The molecule has 0 bridgehead atoms. The van der Waals surface area contributed by atoms with Crippen molar-refractivity contribution in [1.82, 2.24) is 9.55 Å². The highest BCUT2D eigenvalue weighted by atomic mass is 79.9. The van der Waals surface area contributed by atoms with E-state index < -0.39 is 0 Å². The lowest BCUT2D eigenvalue weighted by atomic mass is 10.1. The van der Waals surface area contributed by atoms with E-state index in [0.717, 1.165) is 27.9 Å². The minimum absolute atomic E-state index is 0.415. The molecule has 2 nitrogen and oxygen atoms in total. The predicted molar refractivity (Wildman–Crippen MR) is 87.3 cm³/mol. The quantitative estimate of drug-likeness (QED) is 0.615. The minimum atomic E-state index is 0.415. The minimum Gasteiger partial charge on any atom is -0.322 e. The summed E-state index contributed by atoms with van der Waals surface area (Å²) in [5.74, 6) is 1.32. The second-order valence-electron chi connectivity index (χ2n) is 4.87. The van der Waals surface area contributed by atoms with Gasteiger partial charge in [-0.05, 0) is 30.7 Å². The molecule has 3 rings (SSSR count). The van der Waals surface area contributed by atoms with Crippen LogP contribution < -0.4 is 0 Å². The first-order valence-electron chi connectivity index (χ1n) is 6.43. The first-order chi connectivity index (χ1) is 9.67. The number of fused-ring (bicyclic) bond motifs is 1. The van der Waals surface area contributed by atoms with Crippen molar-refractivity contribution in [1.29, 1.82) is 0 Å².